The lowest BCUT2D eigenvalue weighted by molar-refractivity contribution is -0.111. The molecule has 2 N–H and O–H groups in total. The molecular weight excluding hydrogens is 867 g/mol. The van der Waals surface area contributed by atoms with Crippen LogP contribution in [0.3, 0.4) is 0 Å². The third-order valence-electron chi connectivity index (χ3n) is 11.0. The summed E-state index contributed by atoms with van der Waals surface area (Å²) >= 11 is 14.5. The Labute approximate surface area is 378 Å². The summed E-state index contributed by atoms with van der Waals surface area (Å²) in [5.74, 6) is 1.76. The molecule has 0 saturated carbocycles. The van der Waals surface area contributed by atoms with E-state index in [9.17, 15) is 14.6 Å². The van der Waals surface area contributed by atoms with Crippen molar-refractivity contribution >= 4 is 44.8 Å². The van der Waals surface area contributed by atoms with Gasteiger partial charge in [-0.25, -0.2) is 14.4 Å². The van der Waals surface area contributed by atoms with Gasteiger partial charge in [-0.1, -0.05) is 59.6 Å². The molecule has 1 aliphatic heterocycles. The first-order valence-electron chi connectivity index (χ1n) is 20.3. The highest BCUT2D eigenvalue weighted by Crippen LogP contribution is 2.46. The Hall–Kier alpha value is -5.45. The molecule has 0 aliphatic carbocycles. The number of hydrogen-bond donors (Lipinski definition) is 2. The van der Waals surface area contributed by atoms with Crippen LogP contribution in [0.4, 0.5) is 4.39 Å². The standard InChI is InChI=1S/C47H45Cl2FN6O6S/c1-28-32(13-15-38(43(28)49)60-23-22-56-20-18-55(2)19-21-56)41-42-40(26-52-44(41)30-12-14-35(50)34(48)24-30)63-54-46(42)62-39(47(57)58)25-29-8-4-6-10-36(29)61-27-31-16-17-51-45(53-31)33-9-5-7-11-37(33)59-3/h4-17,24,26,39,47,57-58H,18-23,25,27H2,1-3H3. The fraction of sp³-hybridized carbons (Fsp3) is 0.277. The molecular formula is C47H45Cl2FN6O6S. The smallest absolute Gasteiger partial charge is 0.234 e. The van der Waals surface area contributed by atoms with Gasteiger partial charge < -0.3 is 34.1 Å². The zero-order chi connectivity index (χ0) is 44.0. The average Bonchev–Trinajstić information content (AvgIpc) is 3.71. The van der Waals surface area contributed by atoms with Gasteiger partial charge in [-0.05, 0) is 90.7 Å². The molecule has 12 nitrogen and oxygen atoms in total. The summed E-state index contributed by atoms with van der Waals surface area (Å²) in [5.41, 5.74) is 5.04. The largest absolute Gasteiger partial charge is 0.496 e. The van der Waals surface area contributed by atoms with Gasteiger partial charge in [0, 0.05) is 62.7 Å². The fourth-order valence-electron chi connectivity index (χ4n) is 7.48. The molecule has 8 rings (SSSR count). The molecule has 1 aliphatic rings. The monoisotopic (exact) mass is 910 g/mol. The van der Waals surface area contributed by atoms with E-state index in [2.05, 4.69) is 26.2 Å². The molecule has 3 aromatic heterocycles. The van der Waals surface area contributed by atoms with Crippen molar-refractivity contribution in [2.24, 2.45) is 0 Å². The zero-order valence-corrected chi connectivity index (χ0v) is 37.1. The Morgan fingerprint density at radius 3 is 2.43 bits per heavy atom. The summed E-state index contributed by atoms with van der Waals surface area (Å²) in [4.78, 5) is 18.7. The van der Waals surface area contributed by atoms with Crippen LogP contribution in [-0.2, 0) is 13.0 Å². The molecule has 7 aromatic rings. The first-order valence-corrected chi connectivity index (χ1v) is 21.9. The highest BCUT2D eigenvalue weighted by molar-refractivity contribution is 7.13. The maximum Gasteiger partial charge on any atom is 0.234 e. The minimum absolute atomic E-state index is 0.0367. The Morgan fingerprint density at radius 1 is 0.873 bits per heavy atom. The molecule has 1 saturated heterocycles. The predicted octanol–water partition coefficient (Wildman–Crippen LogP) is 8.75. The molecule has 326 valence electrons. The Morgan fingerprint density at radius 2 is 1.65 bits per heavy atom. The quantitative estimate of drug-likeness (QED) is 0.0898. The maximum atomic E-state index is 14.5. The molecule has 1 unspecified atom stereocenters. The highest BCUT2D eigenvalue weighted by Gasteiger charge is 2.28. The van der Waals surface area contributed by atoms with Crippen LogP contribution in [0.25, 0.3) is 43.9 Å². The number of likely N-dealkylation sites (N-methyl/N-ethyl adjacent to an activating group) is 1. The number of rotatable bonds is 16. The summed E-state index contributed by atoms with van der Waals surface area (Å²) in [5, 5.41) is 22.5. The SMILES string of the molecule is COc1ccccc1-c1nccc(COc2ccccc2CC(Oc2nsc3cnc(-c4ccc(F)c(Cl)c4)c(-c4ccc(OCCN5CCN(C)CC5)c(Cl)c4C)c23)C(O)O)n1. The van der Waals surface area contributed by atoms with Crippen molar-refractivity contribution in [2.75, 3.05) is 53.5 Å². The van der Waals surface area contributed by atoms with E-state index in [0.29, 0.717) is 84.0 Å². The first kappa shape index (κ1) is 44.2. The number of hydrogen-bond acceptors (Lipinski definition) is 13. The topological polar surface area (TPSA) is 135 Å². The van der Waals surface area contributed by atoms with Crippen LogP contribution in [0.15, 0.2) is 97.3 Å². The Balaban J connectivity index is 1.09. The lowest BCUT2D eigenvalue weighted by atomic mass is 9.93. The number of para-hydroxylation sites is 2. The molecule has 0 amide bonds. The van der Waals surface area contributed by atoms with Crippen LogP contribution in [0, 0.1) is 12.7 Å². The van der Waals surface area contributed by atoms with Gasteiger partial charge in [-0.15, -0.1) is 0 Å². The van der Waals surface area contributed by atoms with E-state index in [-0.39, 0.29) is 23.9 Å². The van der Waals surface area contributed by atoms with Gasteiger partial charge in [0.1, 0.15) is 36.3 Å². The van der Waals surface area contributed by atoms with Crippen molar-refractivity contribution < 1.29 is 33.6 Å². The lowest BCUT2D eigenvalue weighted by Crippen LogP contribution is -2.45. The van der Waals surface area contributed by atoms with Crippen molar-refractivity contribution in [3.05, 3.63) is 130 Å². The minimum Gasteiger partial charge on any atom is -0.496 e. The number of aliphatic hydroxyl groups excluding tert-OH is 1. The van der Waals surface area contributed by atoms with Crippen molar-refractivity contribution in [2.45, 2.75) is 32.3 Å². The van der Waals surface area contributed by atoms with Gasteiger partial charge in [-0.2, -0.15) is 4.37 Å². The number of methoxy groups -OCH3 is 1. The highest BCUT2D eigenvalue weighted by atomic mass is 35.5. The van der Waals surface area contributed by atoms with Crippen molar-refractivity contribution in [1.82, 2.24) is 29.1 Å². The molecule has 1 fully saturated rings. The summed E-state index contributed by atoms with van der Waals surface area (Å²) in [6, 6.07) is 24.7. The van der Waals surface area contributed by atoms with Crippen LogP contribution < -0.4 is 18.9 Å². The van der Waals surface area contributed by atoms with Crippen molar-refractivity contribution in [3.63, 3.8) is 0 Å². The predicted molar refractivity (Wildman–Crippen MR) is 244 cm³/mol. The minimum atomic E-state index is -1.92. The van der Waals surface area contributed by atoms with E-state index in [1.165, 1.54) is 12.1 Å². The van der Waals surface area contributed by atoms with Gasteiger partial charge in [0.05, 0.1) is 44.2 Å². The van der Waals surface area contributed by atoms with Gasteiger partial charge in [0.15, 0.2) is 18.2 Å². The number of aliphatic hydroxyl groups is 2. The second-order valence-corrected chi connectivity index (χ2v) is 16.7. The van der Waals surface area contributed by atoms with Crippen LogP contribution in [0.5, 0.6) is 23.1 Å². The van der Waals surface area contributed by atoms with E-state index in [4.69, 9.17) is 52.1 Å². The van der Waals surface area contributed by atoms with Gasteiger partial charge in [0.2, 0.25) is 5.88 Å². The summed E-state index contributed by atoms with van der Waals surface area (Å²) in [7, 11) is 3.72. The second kappa shape index (κ2) is 19.9. The van der Waals surface area contributed by atoms with Crippen molar-refractivity contribution in [1.29, 1.82) is 0 Å². The van der Waals surface area contributed by atoms with E-state index >= 15 is 0 Å². The first-order chi connectivity index (χ1) is 30.6. The maximum absolute atomic E-state index is 14.5. The number of benzene rings is 4. The van der Waals surface area contributed by atoms with Crippen LogP contribution in [0.2, 0.25) is 10.0 Å². The molecule has 63 heavy (non-hydrogen) atoms. The van der Waals surface area contributed by atoms with Crippen LogP contribution in [-0.4, -0.2) is 105 Å². The number of fused-ring (bicyclic) bond motifs is 1. The molecule has 0 bridgehead atoms. The number of halogens is 3. The molecule has 4 heterocycles. The number of nitrogens with zero attached hydrogens (tertiary/aromatic N) is 6. The van der Waals surface area contributed by atoms with Gasteiger partial charge in [-0.3, -0.25) is 9.88 Å². The lowest BCUT2D eigenvalue weighted by Gasteiger charge is -2.32. The number of piperazine rings is 1. The summed E-state index contributed by atoms with van der Waals surface area (Å²) in [6.45, 7) is 7.21. The van der Waals surface area contributed by atoms with Crippen molar-refractivity contribution in [3.8, 4) is 56.9 Å². The normalized spacial score (nSPS) is 14.0. The molecule has 0 spiro atoms. The van der Waals surface area contributed by atoms with E-state index in [1.807, 2.05) is 61.5 Å². The molecule has 1 atom stereocenters. The molecule has 0 radical (unpaired) electrons. The third-order valence-corrected chi connectivity index (χ3v) is 12.5. The Kier molecular flexibility index (Phi) is 14.0. The summed E-state index contributed by atoms with van der Waals surface area (Å²) in [6.07, 6.45) is 0.246. The number of pyridine rings is 1. The second-order valence-electron chi connectivity index (χ2n) is 15.1. The Bertz CT molecular complexity index is 2720. The van der Waals surface area contributed by atoms with Gasteiger partial charge in [0.25, 0.3) is 0 Å². The van der Waals surface area contributed by atoms with Gasteiger partial charge >= 0.3 is 0 Å². The fourth-order valence-corrected chi connectivity index (χ4v) is 8.58. The zero-order valence-electron chi connectivity index (χ0n) is 34.8. The number of aromatic nitrogens is 4. The average molecular weight is 912 g/mol. The molecule has 4 aromatic carbocycles. The van der Waals surface area contributed by atoms with E-state index in [1.54, 1.807) is 37.7 Å². The van der Waals surface area contributed by atoms with Crippen LogP contribution >= 0.6 is 34.7 Å². The summed E-state index contributed by atoms with van der Waals surface area (Å²) < 4.78 is 44.3. The van der Waals surface area contributed by atoms with Crippen LogP contribution in [0.1, 0.15) is 16.8 Å². The molecule has 16 heteroatoms. The van der Waals surface area contributed by atoms with E-state index < -0.39 is 18.2 Å². The number of ether oxygens (including phenoxy) is 4. The van der Waals surface area contributed by atoms with E-state index in [0.717, 1.165) is 49.8 Å². The third kappa shape index (κ3) is 10.0.